The Hall–Kier alpha value is -1.60. The number of sulfonamides is 1. The van der Waals surface area contributed by atoms with Gasteiger partial charge in [0.15, 0.2) is 6.61 Å². The van der Waals surface area contributed by atoms with Crippen LogP contribution in [-0.4, -0.2) is 51.2 Å². The van der Waals surface area contributed by atoms with Gasteiger partial charge >= 0.3 is 0 Å². The number of ether oxygens (including phenoxy) is 1. The first-order valence-corrected chi connectivity index (χ1v) is 8.76. The van der Waals surface area contributed by atoms with Gasteiger partial charge in [0.25, 0.3) is 5.91 Å². The van der Waals surface area contributed by atoms with Gasteiger partial charge in [-0.2, -0.15) is 0 Å². The molecule has 0 radical (unpaired) electrons. The smallest absolute Gasteiger partial charge is 0.260 e. The predicted molar refractivity (Wildman–Crippen MR) is 79.5 cm³/mol. The lowest BCUT2D eigenvalue weighted by Gasteiger charge is -2.32. The topological polar surface area (TPSA) is 75.7 Å². The summed E-state index contributed by atoms with van der Waals surface area (Å²) in [4.78, 5) is 13.8. The Morgan fingerprint density at radius 2 is 2.10 bits per heavy atom. The summed E-state index contributed by atoms with van der Waals surface area (Å²) < 4.78 is 30.5. The minimum Gasteiger partial charge on any atom is -0.484 e. The summed E-state index contributed by atoms with van der Waals surface area (Å²) in [6.07, 6.45) is 2.66. The number of nitrogens with zero attached hydrogens (tertiary/aromatic N) is 1. The minimum absolute atomic E-state index is 0.0321. The molecule has 1 aliphatic rings. The number of para-hydroxylation sites is 1. The molecule has 21 heavy (non-hydrogen) atoms. The summed E-state index contributed by atoms with van der Waals surface area (Å²) in [5, 5.41) is 0. The molecule has 1 amide bonds. The average molecular weight is 312 g/mol. The standard InChI is InChI=1S/C14H20N2O4S/c1-21(18,19)15-12-6-5-9-16(10-12)14(17)11-20-13-7-3-2-4-8-13/h2-4,7-8,12,15H,5-6,9-11H2,1H3/t12-/m1/s1. The van der Waals surface area contributed by atoms with Crippen molar-refractivity contribution >= 4 is 15.9 Å². The molecule has 1 atom stereocenters. The van der Waals surface area contributed by atoms with Crippen molar-refractivity contribution in [1.82, 2.24) is 9.62 Å². The number of amides is 1. The van der Waals surface area contributed by atoms with E-state index in [4.69, 9.17) is 4.74 Å². The lowest BCUT2D eigenvalue weighted by Crippen LogP contribution is -2.50. The normalized spacial score (nSPS) is 19.3. The van der Waals surface area contributed by atoms with Crippen molar-refractivity contribution in [2.75, 3.05) is 26.0 Å². The van der Waals surface area contributed by atoms with Crippen molar-refractivity contribution in [3.05, 3.63) is 30.3 Å². The molecule has 1 aromatic rings. The molecule has 7 heteroatoms. The number of hydrogen-bond acceptors (Lipinski definition) is 4. The molecule has 0 aliphatic carbocycles. The molecule has 0 spiro atoms. The summed E-state index contributed by atoms with van der Waals surface area (Å²) in [7, 11) is -3.25. The summed E-state index contributed by atoms with van der Waals surface area (Å²) in [5.74, 6) is 0.521. The van der Waals surface area contributed by atoms with Gasteiger partial charge in [0.1, 0.15) is 5.75 Å². The van der Waals surface area contributed by atoms with E-state index in [0.29, 0.717) is 18.8 Å². The van der Waals surface area contributed by atoms with Crippen LogP contribution in [0.1, 0.15) is 12.8 Å². The summed E-state index contributed by atoms with van der Waals surface area (Å²) >= 11 is 0. The Bertz CT molecular complexity index is 574. The van der Waals surface area contributed by atoms with E-state index < -0.39 is 10.0 Å². The van der Waals surface area contributed by atoms with E-state index in [1.54, 1.807) is 17.0 Å². The lowest BCUT2D eigenvalue weighted by atomic mass is 10.1. The molecule has 1 saturated heterocycles. The molecule has 1 aliphatic heterocycles. The van der Waals surface area contributed by atoms with E-state index in [0.717, 1.165) is 19.1 Å². The first-order chi connectivity index (χ1) is 9.94. The largest absolute Gasteiger partial charge is 0.484 e. The van der Waals surface area contributed by atoms with Crippen LogP contribution in [0.4, 0.5) is 0 Å². The number of piperidine rings is 1. The van der Waals surface area contributed by atoms with Crippen LogP contribution < -0.4 is 9.46 Å². The highest BCUT2D eigenvalue weighted by Gasteiger charge is 2.25. The number of benzene rings is 1. The van der Waals surface area contributed by atoms with Crippen molar-refractivity contribution in [3.8, 4) is 5.75 Å². The highest BCUT2D eigenvalue weighted by Crippen LogP contribution is 2.12. The molecule has 0 aromatic heterocycles. The van der Waals surface area contributed by atoms with E-state index >= 15 is 0 Å². The zero-order chi connectivity index (χ0) is 15.3. The molecule has 6 nitrogen and oxygen atoms in total. The fourth-order valence-corrected chi connectivity index (χ4v) is 3.15. The van der Waals surface area contributed by atoms with Crippen LogP contribution in [-0.2, 0) is 14.8 Å². The van der Waals surface area contributed by atoms with Crippen LogP contribution in [0.15, 0.2) is 30.3 Å². The van der Waals surface area contributed by atoms with Crippen LogP contribution in [0.2, 0.25) is 0 Å². The van der Waals surface area contributed by atoms with Crippen LogP contribution in [0, 0.1) is 0 Å². The molecule has 0 saturated carbocycles. The molecule has 1 heterocycles. The predicted octanol–water partition coefficient (Wildman–Crippen LogP) is 0.606. The zero-order valence-corrected chi connectivity index (χ0v) is 12.8. The van der Waals surface area contributed by atoms with E-state index in [2.05, 4.69) is 4.72 Å². The molecular weight excluding hydrogens is 292 g/mol. The third kappa shape index (κ3) is 5.35. The Morgan fingerprint density at radius 1 is 1.38 bits per heavy atom. The monoisotopic (exact) mass is 312 g/mol. The van der Waals surface area contributed by atoms with E-state index in [1.165, 1.54) is 0 Å². The third-order valence-electron chi connectivity index (χ3n) is 3.26. The maximum Gasteiger partial charge on any atom is 0.260 e. The van der Waals surface area contributed by atoms with Gasteiger partial charge in [0, 0.05) is 19.1 Å². The number of likely N-dealkylation sites (tertiary alicyclic amines) is 1. The molecule has 116 valence electrons. The first-order valence-electron chi connectivity index (χ1n) is 6.87. The van der Waals surface area contributed by atoms with E-state index in [9.17, 15) is 13.2 Å². The summed E-state index contributed by atoms with van der Waals surface area (Å²) in [6, 6.07) is 8.92. The molecule has 2 rings (SSSR count). The second-order valence-corrected chi connectivity index (χ2v) is 6.95. The van der Waals surface area contributed by atoms with Crippen molar-refractivity contribution in [3.63, 3.8) is 0 Å². The molecule has 0 unspecified atom stereocenters. The first kappa shape index (κ1) is 15.8. The molecule has 0 bridgehead atoms. The minimum atomic E-state index is -3.25. The zero-order valence-electron chi connectivity index (χ0n) is 12.0. The van der Waals surface area contributed by atoms with Crippen LogP contribution in [0.5, 0.6) is 5.75 Å². The van der Waals surface area contributed by atoms with E-state index in [-0.39, 0.29) is 18.6 Å². The summed E-state index contributed by atoms with van der Waals surface area (Å²) in [5.41, 5.74) is 0. The lowest BCUT2D eigenvalue weighted by molar-refractivity contribution is -0.134. The fraction of sp³-hybridized carbons (Fsp3) is 0.500. The molecule has 1 N–H and O–H groups in total. The number of carbonyl (C=O) groups is 1. The Balaban J connectivity index is 1.84. The van der Waals surface area contributed by atoms with Gasteiger partial charge in [-0.25, -0.2) is 13.1 Å². The van der Waals surface area contributed by atoms with Crippen molar-refractivity contribution in [2.45, 2.75) is 18.9 Å². The SMILES string of the molecule is CS(=O)(=O)N[C@@H]1CCCN(C(=O)COc2ccccc2)C1. The number of rotatable bonds is 5. The van der Waals surface area contributed by atoms with Gasteiger partial charge in [0.2, 0.25) is 10.0 Å². The van der Waals surface area contributed by atoms with Gasteiger partial charge in [-0.3, -0.25) is 4.79 Å². The number of nitrogens with one attached hydrogen (secondary N) is 1. The van der Waals surface area contributed by atoms with Crippen molar-refractivity contribution < 1.29 is 17.9 Å². The van der Waals surface area contributed by atoms with Gasteiger partial charge in [0.05, 0.1) is 6.26 Å². The maximum atomic E-state index is 12.1. The number of carbonyl (C=O) groups excluding carboxylic acids is 1. The quantitative estimate of drug-likeness (QED) is 0.864. The van der Waals surface area contributed by atoms with Crippen molar-refractivity contribution in [2.24, 2.45) is 0 Å². The van der Waals surface area contributed by atoms with Crippen molar-refractivity contribution in [1.29, 1.82) is 0 Å². The van der Waals surface area contributed by atoms with E-state index in [1.807, 2.05) is 18.2 Å². The summed E-state index contributed by atoms with van der Waals surface area (Å²) in [6.45, 7) is 0.999. The van der Waals surface area contributed by atoms with Gasteiger partial charge in [-0.1, -0.05) is 18.2 Å². The second-order valence-electron chi connectivity index (χ2n) is 5.17. The third-order valence-corrected chi connectivity index (χ3v) is 4.02. The fourth-order valence-electron chi connectivity index (χ4n) is 2.36. The highest BCUT2D eigenvalue weighted by atomic mass is 32.2. The van der Waals surface area contributed by atoms with Gasteiger partial charge < -0.3 is 9.64 Å². The average Bonchev–Trinajstić information content (AvgIpc) is 2.44. The second kappa shape index (κ2) is 6.91. The maximum absolute atomic E-state index is 12.1. The Morgan fingerprint density at radius 3 is 2.76 bits per heavy atom. The van der Waals surface area contributed by atoms with Crippen LogP contribution in [0.25, 0.3) is 0 Å². The Labute approximate surface area is 125 Å². The van der Waals surface area contributed by atoms with Gasteiger partial charge in [-0.05, 0) is 25.0 Å². The van der Waals surface area contributed by atoms with Crippen LogP contribution in [0.3, 0.4) is 0 Å². The van der Waals surface area contributed by atoms with Gasteiger partial charge in [-0.15, -0.1) is 0 Å². The molecule has 1 aromatic carbocycles. The Kier molecular flexibility index (Phi) is 5.19. The molecular formula is C14H20N2O4S. The highest BCUT2D eigenvalue weighted by molar-refractivity contribution is 7.88. The number of hydrogen-bond donors (Lipinski definition) is 1. The molecule has 1 fully saturated rings. The van der Waals surface area contributed by atoms with Crippen LogP contribution >= 0.6 is 0 Å².